The number of aliphatic hydroxyl groups is 1. The Morgan fingerprint density at radius 1 is 1.12 bits per heavy atom. The minimum absolute atomic E-state index is 0.0528. The first-order chi connectivity index (χ1) is 14.8. The molecule has 174 valence electrons. The van der Waals surface area contributed by atoms with Crippen molar-refractivity contribution in [1.29, 1.82) is 0 Å². The Hall–Kier alpha value is -1.60. The van der Waals surface area contributed by atoms with Crippen molar-refractivity contribution < 1.29 is 18.3 Å². The monoisotopic (exact) mass is 497 g/mol. The first-order valence-electron chi connectivity index (χ1n) is 10.5. The molecule has 2 aromatic carbocycles. The molecular weight excluding hydrogens is 469 g/mol. The molecule has 3 atom stereocenters. The van der Waals surface area contributed by atoms with Crippen molar-refractivity contribution in [3.8, 4) is 0 Å². The maximum Gasteiger partial charge on any atom is 0.188 e. The number of aliphatic hydroxyl groups excluding tert-OH is 1. The maximum absolute atomic E-state index is 13.6. The third kappa shape index (κ3) is 4.18. The van der Waals surface area contributed by atoms with E-state index in [4.69, 9.17) is 23.2 Å². The summed E-state index contributed by atoms with van der Waals surface area (Å²) in [6.45, 7) is 9.70. The van der Waals surface area contributed by atoms with Gasteiger partial charge >= 0.3 is 0 Å². The average Bonchev–Trinajstić information content (AvgIpc) is 3.45. The molecule has 0 heterocycles. The molecular formula is C24H29Cl2NO4S. The number of nitrogens with zero attached hydrogens (tertiary/aromatic N) is 1. The highest BCUT2D eigenvalue weighted by molar-refractivity contribution is 7.92. The molecule has 1 aliphatic carbocycles. The Bertz CT molecular complexity index is 1110. The Morgan fingerprint density at radius 2 is 1.72 bits per heavy atom. The van der Waals surface area contributed by atoms with Gasteiger partial charge in [0.2, 0.25) is 0 Å². The second kappa shape index (κ2) is 8.64. The summed E-state index contributed by atoms with van der Waals surface area (Å²) >= 11 is 12.6. The Morgan fingerprint density at radius 3 is 2.16 bits per heavy atom. The van der Waals surface area contributed by atoms with Crippen LogP contribution < -0.4 is 4.90 Å². The number of sulfone groups is 1. The highest BCUT2D eigenvalue weighted by Gasteiger charge is 2.65. The van der Waals surface area contributed by atoms with Crippen molar-refractivity contribution in [2.45, 2.75) is 63.0 Å². The maximum atomic E-state index is 13.6. The molecule has 1 aliphatic rings. The van der Waals surface area contributed by atoms with Crippen LogP contribution in [0, 0.1) is 11.3 Å². The van der Waals surface area contributed by atoms with E-state index in [2.05, 4.69) is 0 Å². The zero-order chi connectivity index (χ0) is 24.1. The van der Waals surface area contributed by atoms with Gasteiger partial charge in [0.05, 0.1) is 15.6 Å². The van der Waals surface area contributed by atoms with Gasteiger partial charge in [-0.2, -0.15) is 0 Å². The lowest BCUT2D eigenvalue weighted by Crippen LogP contribution is -2.48. The summed E-state index contributed by atoms with van der Waals surface area (Å²) in [6, 6.07) is 10.9. The van der Waals surface area contributed by atoms with Crippen LogP contribution in [0.25, 0.3) is 0 Å². The van der Waals surface area contributed by atoms with E-state index in [0.717, 1.165) is 0 Å². The lowest BCUT2D eigenvalue weighted by molar-refractivity contribution is -0.109. The smallest absolute Gasteiger partial charge is 0.188 e. The number of aldehydes is 1. The lowest BCUT2D eigenvalue weighted by Gasteiger charge is -2.41. The summed E-state index contributed by atoms with van der Waals surface area (Å²) in [7, 11) is -3.88. The third-order valence-corrected chi connectivity index (χ3v) is 9.15. The van der Waals surface area contributed by atoms with Crippen LogP contribution in [-0.4, -0.2) is 32.1 Å². The molecule has 0 amide bonds. The Kier molecular flexibility index (Phi) is 6.76. The van der Waals surface area contributed by atoms with Crippen molar-refractivity contribution >= 4 is 45.0 Å². The van der Waals surface area contributed by atoms with Crippen molar-refractivity contribution in [3.05, 3.63) is 58.1 Å². The third-order valence-electron chi connectivity index (χ3n) is 6.04. The van der Waals surface area contributed by atoms with Crippen LogP contribution in [-0.2, 0) is 19.4 Å². The zero-order valence-corrected chi connectivity index (χ0v) is 21.2. The molecule has 8 heteroatoms. The van der Waals surface area contributed by atoms with Crippen molar-refractivity contribution in [1.82, 2.24) is 0 Å². The van der Waals surface area contributed by atoms with Crippen LogP contribution in [0.3, 0.4) is 0 Å². The molecule has 0 radical (unpaired) electrons. The van der Waals surface area contributed by atoms with Gasteiger partial charge in [0.25, 0.3) is 0 Å². The molecule has 2 aromatic rings. The van der Waals surface area contributed by atoms with Gasteiger partial charge in [0.1, 0.15) is 17.3 Å². The van der Waals surface area contributed by atoms with Crippen LogP contribution in [0.1, 0.15) is 46.6 Å². The highest BCUT2D eigenvalue weighted by atomic mass is 35.5. The number of anilines is 1. The molecule has 1 saturated carbocycles. The molecule has 0 aromatic heterocycles. The van der Waals surface area contributed by atoms with Gasteiger partial charge in [0.15, 0.2) is 9.84 Å². The van der Waals surface area contributed by atoms with E-state index < -0.39 is 32.1 Å². The largest absolute Gasteiger partial charge is 0.373 e. The molecule has 0 aliphatic heterocycles. The first kappa shape index (κ1) is 25.0. The summed E-state index contributed by atoms with van der Waals surface area (Å²) in [4.78, 5) is 13.6. The SMILES string of the molecule is CC(C)N(c1ccc(C2(S(=O)(=O)c3ccc(Cl)cc3)CC2C=O)cc1Cl)C(O)C(C)(C)C. The van der Waals surface area contributed by atoms with E-state index in [0.29, 0.717) is 27.6 Å². The van der Waals surface area contributed by atoms with Crippen molar-refractivity contribution in [2.75, 3.05) is 4.90 Å². The minimum Gasteiger partial charge on any atom is -0.373 e. The first-order valence-corrected chi connectivity index (χ1v) is 12.7. The van der Waals surface area contributed by atoms with Crippen LogP contribution in [0.5, 0.6) is 0 Å². The van der Waals surface area contributed by atoms with Crippen LogP contribution >= 0.6 is 23.2 Å². The molecule has 32 heavy (non-hydrogen) atoms. The van der Waals surface area contributed by atoms with Gasteiger partial charge in [-0.15, -0.1) is 0 Å². The molecule has 0 spiro atoms. The predicted molar refractivity (Wildman–Crippen MR) is 129 cm³/mol. The molecule has 0 bridgehead atoms. The number of rotatable bonds is 7. The normalized spacial score (nSPS) is 22.0. The number of halogens is 2. The van der Waals surface area contributed by atoms with Gasteiger partial charge in [0, 0.05) is 22.4 Å². The van der Waals surface area contributed by atoms with Crippen LogP contribution in [0.2, 0.25) is 10.0 Å². The molecule has 1 fully saturated rings. The van der Waals surface area contributed by atoms with Crippen LogP contribution in [0.15, 0.2) is 47.4 Å². The van der Waals surface area contributed by atoms with E-state index in [1.165, 1.54) is 24.3 Å². The van der Waals surface area contributed by atoms with Gasteiger partial charge < -0.3 is 14.8 Å². The number of hydrogen-bond donors (Lipinski definition) is 1. The quantitative estimate of drug-likeness (QED) is 0.405. The summed E-state index contributed by atoms with van der Waals surface area (Å²) < 4.78 is 25.8. The van der Waals surface area contributed by atoms with E-state index in [1.807, 2.05) is 39.5 Å². The lowest BCUT2D eigenvalue weighted by atomic mass is 9.92. The summed E-state index contributed by atoms with van der Waals surface area (Å²) in [6.07, 6.45) is 0.0792. The number of carbonyl (C=O) groups excluding carboxylic acids is 1. The molecule has 1 N–H and O–H groups in total. The van der Waals surface area contributed by atoms with Gasteiger partial charge in [-0.05, 0) is 62.2 Å². The predicted octanol–water partition coefficient (Wildman–Crippen LogP) is 5.46. The van der Waals surface area contributed by atoms with E-state index in [-0.39, 0.29) is 17.4 Å². The van der Waals surface area contributed by atoms with Gasteiger partial charge in [-0.1, -0.05) is 50.0 Å². The summed E-state index contributed by atoms with van der Waals surface area (Å²) in [5.41, 5.74) is 0.646. The highest BCUT2D eigenvalue weighted by Crippen LogP contribution is 2.60. The van der Waals surface area contributed by atoms with Gasteiger partial charge in [-0.25, -0.2) is 8.42 Å². The minimum atomic E-state index is -3.88. The number of carbonyl (C=O) groups is 1. The number of benzene rings is 2. The second-order valence-corrected chi connectivity index (χ2v) is 12.8. The Balaban J connectivity index is 2.10. The van der Waals surface area contributed by atoms with Crippen LogP contribution in [0.4, 0.5) is 5.69 Å². The average molecular weight is 498 g/mol. The van der Waals surface area contributed by atoms with E-state index >= 15 is 0 Å². The fraction of sp³-hybridized carbons (Fsp3) is 0.458. The summed E-state index contributed by atoms with van der Waals surface area (Å²) in [5.74, 6) is -0.661. The Labute approximate surface area is 200 Å². The number of hydrogen-bond acceptors (Lipinski definition) is 5. The standard InChI is InChI=1S/C24H29Cl2NO4S/c1-15(2)27(22(29)23(3,4)5)21-11-6-16(12-20(21)26)24(13-17(24)14-28)32(30,31)19-9-7-18(25)8-10-19/h6-12,14-15,17,22,29H,13H2,1-5H3. The zero-order valence-electron chi connectivity index (χ0n) is 18.8. The molecule has 5 nitrogen and oxygen atoms in total. The van der Waals surface area contributed by atoms with E-state index in [9.17, 15) is 18.3 Å². The topological polar surface area (TPSA) is 74.7 Å². The molecule has 0 saturated heterocycles. The van der Waals surface area contributed by atoms with E-state index in [1.54, 1.807) is 18.2 Å². The van der Waals surface area contributed by atoms with Gasteiger partial charge in [-0.3, -0.25) is 0 Å². The van der Waals surface area contributed by atoms with Crippen molar-refractivity contribution in [3.63, 3.8) is 0 Å². The molecule has 3 rings (SSSR count). The fourth-order valence-electron chi connectivity index (χ4n) is 4.14. The molecule has 3 unspecified atom stereocenters. The summed E-state index contributed by atoms with van der Waals surface area (Å²) in [5, 5.41) is 11.7. The van der Waals surface area contributed by atoms with Crippen molar-refractivity contribution in [2.24, 2.45) is 11.3 Å². The second-order valence-electron chi connectivity index (χ2n) is 9.70. The fourth-order valence-corrected chi connectivity index (χ4v) is 6.74.